The lowest BCUT2D eigenvalue weighted by atomic mass is 9.99. The number of pyridine rings is 1. The Labute approximate surface area is 189 Å². The number of sulfone groups is 1. The maximum atomic E-state index is 13.6. The summed E-state index contributed by atoms with van der Waals surface area (Å²) in [7, 11) is -2.69. The van der Waals surface area contributed by atoms with E-state index in [0.717, 1.165) is 10.8 Å². The second kappa shape index (κ2) is 8.07. The van der Waals surface area contributed by atoms with E-state index in [1.807, 2.05) is 0 Å². The minimum absolute atomic E-state index is 0.161. The lowest BCUT2D eigenvalue weighted by Crippen LogP contribution is -2.50. The average molecular weight is 510 g/mol. The van der Waals surface area contributed by atoms with Crippen LogP contribution in [0.15, 0.2) is 29.4 Å². The summed E-state index contributed by atoms with van der Waals surface area (Å²) in [5.41, 5.74) is -0.967. The molecule has 1 saturated carbocycles. The van der Waals surface area contributed by atoms with Crippen LogP contribution in [-0.4, -0.2) is 46.7 Å². The second-order valence-electron chi connectivity index (χ2n) is 7.76. The fourth-order valence-corrected chi connectivity index (χ4v) is 4.19. The highest BCUT2D eigenvalue weighted by atomic mass is 32.2. The molecular formula is C20H17F7N4O2S. The SMILES string of the molecule is CCS(=O)(=O)c1cc(C2(C#N)CC2)cnc1-c1ncc(/C=C/C(F)(F)C(F)(F)C(F)(F)F)n1C. The molecule has 184 valence electrons. The van der Waals surface area contributed by atoms with E-state index >= 15 is 0 Å². The minimum atomic E-state index is -6.48. The number of alkyl halides is 7. The summed E-state index contributed by atoms with van der Waals surface area (Å²) < 4.78 is 117. The third-order valence-corrected chi connectivity index (χ3v) is 7.30. The summed E-state index contributed by atoms with van der Waals surface area (Å²) in [4.78, 5) is 7.75. The van der Waals surface area contributed by atoms with Crippen molar-refractivity contribution in [2.45, 2.75) is 48.1 Å². The molecule has 0 bridgehead atoms. The van der Waals surface area contributed by atoms with Gasteiger partial charge in [-0.3, -0.25) is 4.98 Å². The summed E-state index contributed by atoms with van der Waals surface area (Å²) >= 11 is 0. The predicted molar refractivity (Wildman–Crippen MR) is 106 cm³/mol. The lowest BCUT2D eigenvalue weighted by Gasteiger charge is -2.25. The van der Waals surface area contributed by atoms with Gasteiger partial charge in [0.2, 0.25) is 0 Å². The summed E-state index contributed by atoms with van der Waals surface area (Å²) in [6.07, 6.45) is -3.52. The van der Waals surface area contributed by atoms with Gasteiger partial charge < -0.3 is 4.57 Å². The molecule has 2 heterocycles. The molecule has 1 aliphatic carbocycles. The largest absolute Gasteiger partial charge is 0.460 e. The Morgan fingerprint density at radius 3 is 2.26 bits per heavy atom. The highest BCUT2D eigenvalue weighted by molar-refractivity contribution is 7.91. The topological polar surface area (TPSA) is 88.6 Å². The van der Waals surface area contributed by atoms with Gasteiger partial charge >= 0.3 is 18.0 Å². The minimum Gasteiger partial charge on any atom is -0.326 e. The van der Waals surface area contributed by atoms with Gasteiger partial charge in [0, 0.05) is 13.2 Å². The number of rotatable bonds is 7. The molecule has 14 heteroatoms. The molecule has 0 saturated heterocycles. The van der Waals surface area contributed by atoms with Gasteiger partial charge in [-0.05, 0) is 36.6 Å². The van der Waals surface area contributed by atoms with Crippen molar-refractivity contribution in [3.8, 4) is 17.6 Å². The number of hydrogen-bond donors (Lipinski definition) is 0. The maximum absolute atomic E-state index is 13.6. The molecule has 0 spiro atoms. The first kappa shape index (κ1) is 25.7. The van der Waals surface area contributed by atoms with Gasteiger partial charge in [0.15, 0.2) is 15.7 Å². The van der Waals surface area contributed by atoms with Crippen molar-refractivity contribution >= 4 is 15.9 Å². The first-order chi connectivity index (χ1) is 15.5. The van der Waals surface area contributed by atoms with Crippen molar-refractivity contribution < 1.29 is 39.2 Å². The Kier molecular flexibility index (Phi) is 6.09. The molecule has 0 aliphatic heterocycles. The van der Waals surface area contributed by atoms with Crippen molar-refractivity contribution in [1.82, 2.24) is 14.5 Å². The van der Waals surface area contributed by atoms with Crippen molar-refractivity contribution in [3.05, 3.63) is 35.8 Å². The van der Waals surface area contributed by atoms with E-state index in [0.29, 0.717) is 24.5 Å². The van der Waals surface area contributed by atoms with Crippen molar-refractivity contribution in [3.63, 3.8) is 0 Å². The van der Waals surface area contributed by atoms with Crippen LogP contribution in [0.2, 0.25) is 0 Å². The standard InChI is InChI=1S/C20H17F7N4O2S/c1-3-34(32,33)14-8-12(17(11-28)6-7-17)9-29-15(14)16-30-10-13(31(16)2)4-5-18(21,22)19(23,24)20(25,26)27/h4-5,8-10H,3,6-7H2,1-2H3/b5-4+. The van der Waals surface area contributed by atoms with Gasteiger partial charge in [0.1, 0.15) is 5.69 Å². The molecule has 0 radical (unpaired) electrons. The average Bonchev–Trinajstić information content (AvgIpc) is 3.48. The Bertz CT molecular complexity index is 1290. The van der Waals surface area contributed by atoms with Gasteiger partial charge in [0.05, 0.1) is 34.0 Å². The zero-order chi connectivity index (χ0) is 25.7. The Hall–Kier alpha value is -2.95. The van der Waals surface area contributed by atoms with Gasteiger partial charge in [-0.25, -0.2) is 13.4 Å². The second-order valence-corrected chi connectivity index (χ2v) is 10.0. The molecule has 1 aliphatic rings. The molecule has 1 fully saturated rings. The van der Waals surface area contributed by atoms with E-state index in [2.05, 4.69) is 16.0 Å². The van der Waals surface area contributed by atoms with E-state index in [4.69, 9.17) is 0 Å². The molecule has 2 aromatic rings. The number of aromatic nitrogens is 3. The third kappa shape index (κ3) is 4.17. The van der Waals surface area contributed by atoms with Crippen LogP contribution in [0.25, 0.3) is 17.6 Å². The summed E-state index contributed by atoms with van der Waals surface area (Å²) in [6.45, 7) is 1.37. The smallest absolute Gasteiger partial charge is 0.326 e. The molecule has 0 atom stereocenters. The Morgan fingerprint density at radius 1 is 1.15 bits per heavy atom. The van der Waals surface area contributed by atoms with E-state index in [9.17, 15) is 44.4 Å². The van der Waals surface area contributed by atoms with Gasteiger partial charge in [-0.15, -0.1) is 0 Å². The summed E-state index contributed by atoms with van der Waals surface area (Å²) in [5.74, 6) is -12.4. The monoisotopic (exact) mass is 510 g/mol. The van der Waals surface area contributed by atoms with Crippen LogP contribution in [0.5, 0.6) is 0 Å². The highest BCUT2D eigenvalue weighted by Crippen LogP contribution is 2.49. The summed E-state index contributed by atoms with van der Waals surface area (Å²) in [6, 6.07) is 3.41. The van der Waals surface area contributed by atoms with Crippen LogP contribution in [0.3, 0.4) is 0 Å². The molecule has 0 N–H and O–H groups in total. The Balaban J connectivity index is 2.07. The molecule has 2 aromatic heterocycles. The zero-order valence-electron chi connectivity index (χ0n) is 17.7. The molecule has 34 heavy (non-hydrogen) atoms. The first-order valence-corrected chi connectivity index (χ1v) is 11.4. The van der Waals surface area contributed by atoms with E-state index < -0.39 is 39.3 Å². The first-order valence-electron chi connectivity index (χ1n) is 9.71. The highest BCUT2D eigenvalue weighted by Gasteiger charge is 2.71. The lowest BCUT2D eigenvalue weighted by molar-refractivity contribution is -0.341. The van der Waals surface area contributed by atoms with Crippen molar-refractivity contribution in [2.24, 2.45) is 7.05 Å². The summed E-state index contributed by atoms with van der Waals surface area (Å²) in [5, 5.41) is 9.39. The molecule has 0 aromatic carbocycles. The van der Waals surface area contributed by atoms with Crippen LogP contribution in [0, 0.1) is 11.3 Å². The molecule has 0 unspecified atom stereocenters. The number of hydrogen-bond acceptors (Lipinski definition) is 5. The van der Waals surface area contributed by atoms with Crippen molar-refractivity contribution in [2.75, 3.05) is 5.75 Å². The van der Waals surface area contributed by atoms with Crippen molar-refractivity contribution in [1.29, 1.82) is 5.26 Å². The predicted octanol–water partition coefficient (Wildman–Crippen LogP) is 4.68. The van der Waals surface area contributed by atoms with E-state index in [1.165, 1.54) is 26.2 Å². The molecule has 3 rings (SSSR count). The quantitative estimate of drug-likeness (QED) is 0.505. The number of nitriles is 1. The molecule has 6 nitrogen and oxygen atoms in total. The normalized spacial score (nSPS) is 16.6. The van der Waals surface area contributed by atoms with Gasteiger partial charge in [0.25, 0.3) is 0 Å². The fraction of sp³-hybridized carbons (Fsp3) is 0.450. The van der Waals surface area contributed by atoms with Crippen LogP contribution in [0.1, 0.15) is 31.0 Å². The van der Waals surface area contributed by atoms with E-state index in [-0.39, 0.29) is 27.9 Å². The number of imidazole rings is 1. The Morgan fingerprint density at radius 2 is 1.76 bits per heavy atom. The number of halogens is 7. The fourth-order valence-electron chi connectivity index (χ4n) is 3.14. The van der Waals surface area contributed by atoms with E-state index in [1.54, 1.807) is 0 Å². The van der Waals surface area contributed by atoms with Gasteiger partial charge in [-0.1, -0.05) is 6.92 Å². The number of nitrogens with zero attached hydrogens (tertiary/aromatic N) is 4. The molecular weight excluding hydrogens is 493 g/mol. The van der Waals surface area contributed by atoms with Gasteiger partial charge in [-0.2, -0.15) is 36.0 Å². The van der Waals surface area contributed by atoms with Crippen LogP contribution in [-0.2, 0) is 22.3 Å². The molecule has 0 amide bonds. The number of allylic oxidation sites excluding steroid dienone is 1. The zero-order valence-corrected chi connectivity index (χ0v) is 18.5. The van der Waals surface area contributed by atoms with Crippen LogP contribution < -0.4 is 0 Å². The maximum Gasteiger partial charge on any atom is 0.460 e. The van der Waals surface area contributed by atoms with Crippen LogP contribution >= 0.6 is 0 Å². The van der Waals surface area contributed by atoms with Crippen LogP contribution in [0.4, 0.5) is 30.7 Å². The third-order valence-electron chi connectivity index (χ3n) is 5.56.